The fourth-order valence-corrected chi connectivity index (χ4v) is 5.26. The molecule has 2 aliphatic heterocycles. The van der Waals surface area contributed by atoms with Gasteiger partial charge in [-0.2, -0.15) is 4.98 Å². The van der Waals surface area contributed by atoms with Gasteiger partial charge in [-0.3, -0.25) is 9.59 Å². The molecule has 10 heteroatoms. The summed E-state index contributed by atoms with van der Waals surface area (Å²) < 4.78 is 5.63. The minimum Gasteiger partial charge on any atom is -0.495 e. The first-order valence-electron chi connectivity index (χ1n) is 13.2. The molecule has 1 fully saturated rings. The third kappa shape index (κ3) is 4.99. The zero-order valence-electron chi connectivity index (χ0n) is 23.1. The van der Waals surface area contributed by atoms with Crippen LogP contribution in [-0.2, 0) is 0 Å². The molecule has 39 heavy (non-hydrogen) atoms. The van der Waals surface area contributed by atoms with Crippen LogP contribution in [0, 0.1) is 0 Å². The zero-order valence-corrected chi connectivity index (χ0v) is 23.1. The quantitative estimate of drug-likeness (QED) is 0.509. The van der Waals surface area contributed by atoms with Gasteiger partial charge < -0.3 is 29.7 Å². The highest BCUT2D eigenvalue weighted by Crippen LogP contribution is 2.38. The molecule has 2 aromatic carbocycles. The highest BCUT2D eigenvalue weighted by atomic mass is 16.5. The van der Waals surface area contributed by atoms with Crippen molar-refractivity contribution in [2.75, 3.05) is 63.0 Å². The molecule has 1 N–H and O–H groups in total. The Kier molecular flexibility index (Phi) is 7.38. The second-order valence-corrected chi connectivity index (χ2v) is 9.98. The Labute approximate surface area is 229 Å². The van der Waals surface area contributed by atoms with Gasteiger partial charge in [0, 0.05) is 38.8 Å². The average molecular weight is 530 g/mol. The second-order valence-electron chi connectivity index (χ2n) is 9.98. The Morgan fingerprint density at radius 1 is 1.10 bits per heavy atom. The smallest absolute Gasteiger partial charge is 0.260 e. The highest BCUT2D eigenvalue weighted by molar-refractivity contribution is 6.13. The van der Waals surface area contributed by atoms with Crippen molar-refractivity contribution in [3.63, 3.8) is 0 Å². The van der Waals surface area contributed by atoms with E-state index in [-0.39, 0.29) is 11.8 Å². The Bertz CT molecular complexity index is 1390. The molecule has 204 valence electrons. The normalized spacial score (nSPS) is 15.6. The van der Waals surface area contributed by atoms with Crippen molar-refractivity contribution < 1.29 is 14.3 Å². The number of anilines is 5. The van der Waals surface area contributed by atoms with Gasteiger partial charge in [-0.25, -0.2) is 4.98 Å². The zero-order chi connectivity index (χ0) is 27.7. The summed E-state index contributed by atoms with van der Waals surface area (Å²) >= 11 is 0. The fourth-order valence-electron chi connectivity index (χ4n) is 5.26. The van der Waals surface area contributed by atoms with Crippen LogP contribution < -0.4 is 19.9 Å². The molecule has 5 rings (SSSR count). The molecule has 0 atom stereocenters. The Hall–Kier alpha value is -4.18. The molecule has 0 saturated carbocycles. The maximum Gasteiger partial charge on any atom is 0.260 e. The topological polar surface area (TPSA) is 94.1 Å². The summed E-state index contributed by atoms with van der Waals surface area (Å²) in [4.78, 5) is 43.2. The van der Waals surface area contributed by atoms with Crippen LogP contribution in [0.3, 0.4) is 0 Å². The number of methoxy groups -OCH3 is 1. The Morgan fingerprint density at radius 2 is 1.85 bits per heavy atom. The number of carbonyl (C=O) groups is 2. The minimum absolute atomic E-state index is 0.00623. The van der Waals surface area contributed by atoms with Crippen LogP contribution in [0.15, 0.2) is 48.7 Å². The number of likely N-dealkylation sites (tertiary alicyclic amines) is 1. The van der Waals surface area contributed by atoms with Crippen LogP contribution in [0.25, 0.3) is 0 Å². The number of amides is 2. The molecule has 1 saturated heterocycles. The van der Waals surface area contributed by atoms with Crippen molar-refractivity contribution >= 4 is 40.6 Å². The van der Waals surface area contributed by atoms with Gasteiger partial charge >= 0.3 is 0 Å². The van der Waals surface area contributed by atoms with E-state index in [1.807, 2.05) is 47.2 Å². The van der Waals surface area contributed by atoms with E-state index in [2.05, 4.69) is 29.2 Å². The lowest BCUT2D eigenvalue weighted by atomic mass is 10.0. The molecular weight excluding hydrogens is 494 g/mol. The predicted octanol–water partition coefficient (Wildman–Crippen LogP) is 4.14. The van der Waals surface area contributed by atoms with Gasteiger partial charge in [-0.15, -0.1) is 0 Å². The van der Waals surface area contributed by atoms with Crippen molar-refractivity contribution in [3.05, 3.63) is 59.8 Å². The number of fused-ring (bicyclic) bond motifs is 2. The third-order valence-corrected chi connectivity index (χ3v) is 7.80. The van der Waals surface area contributed by atoms with Crippen LogP contribution in [0.2, 0.25) is 0 Å². The van der Waals surface area contributed by atoms with Crippen molar-refractivity contribution in [2.24, 2.45) is 0 Å². The van der Waals surface area contributed by atoms with Gasteiger partial charge in [-0.05, 0) is 56.8 Å². The first-order valence-corrected chi connectivity index (χ1v) is 13.2. The number of nitrogens with zero attached hydrogens (tertiary/aromatic N) is 6. The lowest BCUT2D eigenvalue weighted by molar-refractivity contribution is 0.0650. The summed E-state index contributed by atoms with van der Waals surface area (Å²) in [5.74, 6) is 1.35. The van der Waals surface area contributed by atoms with Gasteiger partial charge in [-0.1, -0.05) is 19.1 Å². The number of rotatable bonds is 6. The molecule has 0 radical (unpaired) electrons. The van der Waals surface area contributed by atoms with Crippen molar-refractivity contribution in [2.45, 2.75) is 25.8 Å². The monoisotopic (exact) mass is 529 g/mol. The number of benzene rings is 2. The first kappa shape index (κ1) is 26.4. The lowest BCUT2D eigenvalue weighted by Crippen LogP contribution is -2.45. The largest absolute Gasteiger partial charge is 0.495 e. The van der Waals surface area contributed by atoms with Crippen LogP contribution >= 0.6 is 0 Å². The van der Waals surface area contributed by atoms with Gasteiger partial charge in [0.15, 0.2) is 5.82 Å². The van der Waals surface area contributed by atoms with Crippen molar-refractivity contribution in [3.8, 4) is 5.75 Å². The van der Waals surface area contributed by atoms with E-state index in [1.54, 1.807) is 37.4 Å². The molecule has 10 nitrogen and oxygen atoms in total. The third-order valence-electron chi connectivity index (χ3n) is 7.80. The molecule has 3 heterocycles. The number of carbonyl (C=O) groups excluding carboxylic acids is 2. The van der Waals surface area contributed by atoms with E-state index in [0.717, 1.165) is 38.2 Å². The van der Waals surface area contributed by atoms with Crippen LogP contribution in [0.5, 0.6) is 5.75 Å². The van der Waals surface area contributed by atoms with Crippen molar-refractivity contribution in [1.82, 2.24) is 19.8 Å². The molecule has 3 aromatic rings. The molecule has 0 aliphatic carbocycles. The van der Waals surface area contributed by atoms with Gasteiger partial charge in [0.1, 0.15) is 11.4 Å². The van der Waals surface area contributed by atoms with Crippen LogP contribution in [0.1, 0.15) is 40.5 Å². The summed E-state index contributed by atoms with van der Waals surface area (Å²) in [5.41, 5.74) is 3.19. The molecule has 2 amide bonds. The number of para-hydroxylation sites is 1. The molecular formula is C29H35N7O3. The lowest BCUT2D eigenvalue weighted by Gasteiger charge is -2.36. The summed E-state index contributed by atoms with van der Waals surface area (Å²) in [6, 6.07) is 13.3. The summed E-state index contributed by atoms with van der Waals surface area (Å²) in [7, 11) is 7.31. The van der Waals surface area contributed by atoms with E-state index >= 15 is 0 Å². The summed E-state index contributed by atoms with van der Waals surface area (Å²) in [6.07, 6.45) is 3.58. The van der Waals surface area contributed by atoms with E-state index in [1.165, 1.54) is 0 Å². The molecule has 2 aliphatic rings. The number of aromatic nitrogens is 2. The average Bonchev–Trinajstić information content (AvgIpc) is 3.06. The van der Waals surface area contributed by atoms with E-state index in [0.29, 0.717) is 46.1 Å². The van der Waals surface area contributed by atoms with Crippen molar-refractivity contribution in [1.29, 1.82) is 0 Å². The fraction of sp³-hybridized carbons (Fsp3) is 0.379. The van der Waals surface area contributed by atoms with Gasteiger partial charge in [0.2, 0.25) is 5.95 Å². The molecule has 0 unspecified atom stereocenters. The van der Waals surface area contributed by atoms with Crippen LogP contribution in [-0.4, -0.2) is 85.5 Å². The van der Waals surface area contributed by atoms with Gasteiger partial charge in [0.05, 0.1) is 30.2 Å². The molecule has 0 bridgehead atoms. The number of piperidine rings is 1. The molecule has 1 aromatic heterocycles. The SMILES string of the molecule is CCN(C)C1CCN(C(=O)c2ccc(Nc3ncc4c(n3)N(C)c3ccccc3C(=O)N4C)c(OC)c2)CC1. The highest BCUT2D eigenvalue weighted by Gasteiger charge is 2.29. The van der Waals surface area contributed by atoms with E-state index in [9.17, 15) is 9.59 Å². The standard InChI is InChI=1S/C29H35N7O3/c1-6-33(2)20-13-15-36(16-14-20)27(37)19-11-12-22(25(17-19)39-5)31-29-30-18-24-26(32-29)34(3)23-10-8-7-9-21(23)28(38)35(24)4/h7-12,17-18,20H,6,13-16H2,1-5H3,(H,30,31,32). The number of hydrogen-bond acceptors (Lipinski definition) is 8. The predicted molar refractivity (Wildman–Crippen MR) is 153 cm³/mol. The minimum atomic E-state index is -0.121. The Balaban J connectivity index is 1.36. The summed E-state index contributed by atoms with van der Waals surface area (Å²) in [6.45, 7) is 4.66. The molecule has 0 spiro atoms. The first-order chi connectivity index (χ1) is 18.8. The number of ether oxygens (including phenoxy) is 1. The van der Waals surface area contributed by atoms with E-state index < -0.39 is 0 Å². The maximum absolute atomic E-state index is 13.2. The van der Waals surface area contributed by atoms with E-state index in [4.69, 9.17) is 9.72 Å². The summed E-state index contributed by atoms with van der Waals surface area (Å²) in [5, 5.41) is 3.23. The van der Waals surface area contributed by atoms with Gasteiger partial charge in [0.25, 0.3) is 11.8 Å². The second kappa shape index (κ2) is 10.9. The van der Waals surface area contributed by atoms with Crippen LogP contribution in [0.4, 0.5) is 28.8 Å². The Morgan fingerprint density at radius 3 is 2.56 bits per heavy atom. The number of nitrogens with one attached hydrogen (secondary N) is 1. The maximum atomic E-state index is 13.2. The number of hydrogen-bond donors (Lipinski definition) is 1.